The minimum Gasteiger partial charge on any atom is -0.465 e. The summed E-state index contributed by atoms with van der Waals surface area (Å²) in [5, 5.41) is 0. The second-order valence-electron chi connectivity index (χ2n) is 3.84. The second kappa shape index (κ2) is 3.45. The molecule has 0 aromatic heterocycles. The Morgan fingerprint density at radius 1 is 1.43 bits per heavy atom. The van der Waals surface area contributed by atoms with Crippen molar-refractivity contribution in [3.8, 4) is 0 Å². The molecule has 1 aromatic rings. The van der Waals surface area contributed by atoms with Crippen molar-refractivity contribution >= 4 is 5.97 Å². The number of esters is 1. The lowest BCUT2D eigenvalue weighted by Gasteiger charge is -2.06. The zero-order valence-electron chi connectivity index (χ0n) is 8.54. The Bertz CT molecular complexity index is 365. The van der Waals surface area contributed by atoms with E-state index in [1.807, 2.05) is 19.1 Å². The quantitative estimate of drug-likeness (QED) is 0.670. The highest BCUT2D eigenvalue weighted by Crippen LogP contribution is 2.40. The van der Waals surface area contributed by atoms with Gasteiger partial charge >= 0.3 is 5.97 Å². The molecule has 0 spiro atoms. The average molecular weight is 190 g/mol. The van der Waals surface area contributed by atoms with Crippen LogP contribution in [-0.4, -0.2) is 13.1 Å². The molecule has 0 saturated heterocycles. The van der Waals surface area contributed by atoms with Crippen molar-refractivity contribution in [1.29, 1.82) is 0 Å². The maximum absolute atomic E-state index is 11.4. The number of benzene rings is 1. The molecule has 0 N–H and O–H groups in total. The lowest BCUT2D eigenvalue weighted by molar-refractivity contribution is 0.0600. The SMILES string of the molecule is COC(=O)c1cc(C2CC2)ccc1C. The molecule has 0 bridgehead atoms. The zero-order chi connectivity index (χ0) is 10.1. The van der Waals surface area contributed by atoms with E-state index in [1.165, 1.54) is 25.5 Å². The molecule has 1 fully saturated rings. The highest BCUT2D eigenvalue weighted by Gasteiger charge is 2.24. The first-order valence-electron chi connectivity index (χ1n) is 4.91. The van der Waals surface area contributed by atoms with Crippen LogP contribution in [0.4, 0.5) is 0 Å². The molecular weight excluding hydrogens is 176 g/mol. The largest absolute Gasteiger partial charge is 0.465 e. The summed E-state index contributed by atoms with van der Waals surface area (Å²) in [6.07, 6.45) is 2.51. The number of hydrogen-bond donors (Lipinski definition) is 0. The molecule has 0 atom stereocenters. The van der Waals surface area contributed by atoms with Gasteiger partial charge in [-0.15, -0.1) is 0 Å². The first-order chi connectivity index (χ1) is 6.72. The van der Waals surface area contributed by atoms with E-state index in [4.69, 9.17) is 4.74 Å². The van der Waals surface area contributed by atoms with Gasteiger partial charge in [0.05, 0.1) is 12.7 Å². The Kier molecular flexibility index (Phi) is 2.28. The predicted octanol–water partition coefficient (Wildman–Crippen LogP) is 2.66. The van der Waals surface area contributed by atoms with Gasteiger partial charge in [-0.05, 0) is 42.9 Å². The molecule has 0 unspecified atom stereocenters. The van der Waals surface area contributed by atoms with Crippen molar-refractivity contribution in [1.82, 2.24) is 0 Å². The predicted molar refractivity (Wildman–Crippen MR) is 54.5 cm³/mol. The van der Waals surface area contributed by atoms with Gasteiger partial charge in [0.1, 0.15) is 0 Å². The fourth-order valence-electron chi connectivity index (χ4n) is 1.64. The Morgan fingerprint density at radius 2 is 2.14 bits per heavy atom. The fourth-order valence-corrected chi connectivity index (χ4v) is 1.64. The standard InChI is InChI=1S/C12H14O2/c1-8-3-4-10(9-5-6-9)7-11(8)12(13)14-2/h3-4,7,9H,5-6H2,1-2H3. The normalized spacial score (nSPS) is 15.3. The van der Waals surface area contributed by atoms with Gasteiger partial charge in [0.2, 0.25) is 0 Å². The van der Waals surface area contributed by atoms with Gasteiger partial charge in [-0.3, -0.25) is 0 Å². The molecule has 0 amide bonds. The van der Waals surface area contributed by atoms with E-state index in [2.05, 4.69) is 6.07 Å². The summed E-state index contributed by atoms with van der Waals surface area (Å²) in [7, 11) is 1.42. The summed E-state index contributed by atoms with van der Waals surface area (Å²) in [6, 6.07) is 6.08. The molecule has 14 heavy (non-hydrogen) atoms. The Morgan fingerprint density at radius 3 is 2.71 bits per heavy atom. The van der Waals surface area contributed by atoms with Gasteiger partial charge in [-0.2, -0.15) is 0 Å². The minimum absolute atomic E-state index is 0.231. The highest BCUT2D eigenvalue weighted by atomic mass is 16.5. The molecule has 0 radical (unpaired) electrons. The van der Waals surface area contributed by atoms with E-state index in [1.54, 1.807) is 0 Å². The van der Waals surface area contributed by atoms with Crippen LogP contribution in [0.2, 0.25) is 0 Å². The molecule has 74 valence electrons. The van der Waals surface area contributed by atoms with Crippen molar-refractivity contribution in [2.45, 2.75) is 25.7 Å². The molecular formula is C12H14O2. The Labute approximate surface area is 83.9 Å². The lowest BCUT2D eigenvalue weighted by atomic mass is 10.0. The summed E-state index contributed by atoms with van der Waals surface area (Å²) >= 11 is 0. The molecule has 0 aliphatic heterocycles. The van der Waals surface area contributed by atoms with Gasteiger partial charge in [-0.25, -0.2) is 4.79 Å². The number of ether oxygens (including phenoxy) is 1. The minimum atomic E-state index is -0.231. The van der Waals surface area contributed by atoms with Crippen LogP contribution in [0.5, 0.6) is 0 Å². The van der Waals surface area contributed by atoms with E-state index < -0.39 is 0 Å². The Balaban J connectivity index is 2.36. The molecule has 0 heterocycles. The van der Waals surface area contributed by atoms with Crippen LogP contribution in [0, 0.1) is 6.92 Å². The van der Waals surface area contributed by atoms with E-state index >= 15 is 0 Å². The van der Waals surface area contributed by atoms with Gasteiger partial charge in [0.25, 0.3) is 0 Å². The molecule has 2 rings (SSSR count). The lowest BCUT2D eigenvalue weighted by Crippen LogP contribution is -2.04. The number of carbonyl (C=O) groups excluding carboxylic acids is 1. The maximum Gasteiger partial charge on any atom is 0.338 e. The number of carbonyl (C=O) groups is 1. The second-order valence-corrected chi connectivity index (χ2v) is 3.84. The Hall–Kier alpha value is -1.31. The molecule has 2 heteroatoms. The number of aryl methyl sites for hydroxylation is 1. The van der Waals surface area contributed by atoms with Crippen LogP contribution >= 0.6 is 0 Å². The van der Waals surface area contributed by atoms with Crippen molar-refractivity contribution in [2.24, 2.45) is 0 Å². The first-order valence-corrected chi connectivity index (χ1v) is 4.91. The zero-order valence-corrected chi connectivity index (χ0v) is 8.54. The van der Waals surface area contributed by atoms with Gasteiger partial charge < -0.3 is 4.74 Å². The smallest absolute Gasteiger partial charge is 0.338 e. The van der Waals surface area contributed by atoms with Crippen molar-refractivity contribution in [3.05, 3.63) is 34.9 Å². The topological polar surface area (TPSA) is 26.3 Å². The summed E-state index contributed by atoms with van der Waals surface area (Å²) < 4.78 is 4.73. The fraction of sp³-hybridized carbons (Fsp3) is 0.417. The molecule has 1 aliphatic carbocycles. The number of rotatable bonds is 2. The van der Waals surface area contributed by atoms with Gasteiger partial charge in [0, 0.05) is 0 Å². The van der Waals surface area contributed by atoms with Crippen LogP contribution < -0.4 is 0 Å². The van der Waals surface area contributed by atoms with Crippen molar-refractivity contribution < 1.29 is 9.53 Å². The summed E-state index contributed by atoms with van der Waals surface area (Å²) in [5.74, 6) is 0.448. The molecule has 1 aliphatic rings. The van der Waals surface area contributed by atoms with Crippen molar-refractivity contribution in [3.63, 3.8) is 0 Å². The summed E-state index contributed by atoms with van der Waals surface area (Å²) in [4.78, 5) is 11.4. The third-order valence-electron chi connectivity index (χ3n) is 2.72. The third-order valence-corrected chi connectivity index (χ3v) is 2.72. The van der Waals surface area contributed by atoms with Crippen LogP contribution in [0.3, 0.4) is 0 Å². The third kappa shape index (κ3) is 1.65. The van der Waals surface area contributed by atoms with E-state index in [-0.39, 0.29) is 5.97 Å². The maximum atomic E-state index is 11.4. The number of hydrogen-bond acceptors (Lipinski definition) is 2. The van der Waals surface area contributed by atoms with Crippen LogP contribution in [0.1, 0.15) is 40.2 Å². The van der Waals surface area contributed by atoms with E-state index in [0.717, 1.165) is 5.56 Å². The van der Waals surface area contributed by atoms with Crippen molar-refractivity contribution in [2.75, 3.05) is 7.11 Å². The molecule has 1 aromatic carbocycles. The summed E-state index contributed by atoms with van der Waals surface area (Å²) in [6.45, 7) is 1.93. The van der Waals surface area contributed by atoms with Crippen LogP contribution in [0.15, 0.2) is 18.2 Å². The van der Waals surface area contributed by atoms with Gasteiger partial charge in [-0.1, -0.05) is 12.1 Å². The first kappa shape index (κ1) is 9.25. The number of methoxy groups -OCH3 is 1. The average Bonchev–Trinajstić information content (AvgIpc) is 3.01. The molecule has 2 nitrogen and oxygen atoms in total. The molecule has 1 saturated carbocycles. The summed E-state index contributed by atoms with van der Waals surface area (Å²) in [5.41, 5.74) is 2.97. The van der Waals surface area contributed by atoms with Crippen LogP contribution in [0.25, 0.3) is 0 Å². The van der Waals surface area contributed by atoms with Crippen LogP contribution in [-0.2, 0) is 4.74 Å². The highest BCUT2D eigenvalue weighted by molar-refractivity contribution is 5.91. The van der Waals surface area contributed by atoms with E-state index in [0.29, 0.717) is 11.5 Å². The monoisotopic (exact) mass is 190 g/mol. The van der Waals surface area contributed by atoms with Gasteiger partial charge in [0.15, 0.2) is 0 Å². The van der Waals surface area contributed by atoms with E-state index in [9.17, 15) is 4.79 Å².